The zero-order chi connectivity index (χ0) is 41.7. The average Bonchev–Trinajstić information content (AvgIpc) is 3.61. The largest absolute Gasteiger partial charge is 0.416 e. The van der Waals surface area contributed by atoms with E-state index in [9.17, 15) is 0 Å². The molecule has 0 saturated heterocycles. The number of rotatable bonds is 7. The van der Waals surface area contributed by atoms with E-state index in [0.717, 1.165) is 55.2 Å². The molecule has 0 N–H and O–H groups in total. The molecule has 0 radical (unpaired) electrons. The van der Waals surface area contributed by atoms with Crippen LogP contribution in [0.5, 0.6) is 0 Å². The number of halogens is 3. The van der Waals surface area contributed by atoms with E-state index in [-0.39, 0.29) is 17.0 Å². The van der Waals surface area contributed by atoms with Crippen LogP contribution in [0.3, 0.4) is 0 Å². The van der Waals surface area contributed by atoms with Gasteiger partial charge in [0.05, 0.1) is 45.1 Å². The minimum atomic E-state index is -4.74. The maximum atomic E-state index is 15.5. The number of hydrogen-bond acceptors (Lipinski definition) is 4. The molecule has 0 aliphatic heterocycles. The summed E-state index contributed by atoms with van der Waals surface area (Å²) < 4.78 is 48.7. The Morgan fingerprint density at radius 2 is 0.787 bits per heavy atom. The number of alkyl halides is 3. The van der Waals surface area contributed by atoms with Gasteiger partial charge in [0.25, 0.3) is 0 Å². The van der Waals surface area contributed by atoms with E-state index in [2.05, 4.69) is 16.7 Å². The number of fused-ring (bicyclic) bond motifs is 3. The Hall–Kier alpha value is -7.71. The van der Waals surface area contributed by atoms with Gasteiger partial charge >= 0.3 is 6.18 Å². The molecule has 0 amide bonds. The summed E-state index contributed by atoms with van der Waals surface area (Å²) in [6.07, 6.45) is -4.74. The van der Waals surface area contributed by atoms with E-state index in [1.54, 1.807) is 6.07 Å². The average molecular weight is 800 g/mol. The summed E-state index contributed by atoms with van der Waals surface area (Å²) >= 11 is 0. The van der Waals surface area contributed by atoms with Gasteiger partial charge in [-0.05, 0) is 62.4 Å². The first-order chi connectivity index (χ1) is 29.7. The molecule has 0 unspecified atom stereocenters. The van der Waals surface area contributed by atoms with Gasteiger partial charge in [-0.1, -0.05) is 145 Å². The van der Waals surface area contributed by atoms with Crippen LogP contribution >= 0.6 is 0 Å². The molecular formula is C53H36F3N5. The van der Waals surface area contributed by atoms with Crippen LogP contribution in [-0.4, -0.2) is 24.5 Å². The summed E-state index contributed by atoms with van der Waals surface area (Å²) in [7, 11) is 0. The lowest BCUT2D eigenvalue weighted by atomic mass is 9.96. The summed E-state index contributed by atoms with van der Waals surface area (Å²) in [4.78, 5) is 20.3. The van der Waals surface area contributed by atoms with Crippen LogP contribution in [0.2, 0.25) is 0 Å². The first-order valence-corrected chi connectivity index (χ1v) is 20.0. The maximum Gasteiger partial charge on any atom is 0.416 e. The highest BCUT2D eigenvalue weighted by atomic mass is 19.4. The second kappa shape index (κ2) is 15.1. The number of aryl methyl sites for hydroxylation is 2. The molecule has 3 heterocycles. The van der Waals surface area contributed by atoms with E-state index < -0.39 is 11.7 Å². The molecule has 5 nitrogen and oxygen atoms in total. The fraction of sp³-hybridized carbons (Fsp3) is 0.0566. The summed E-state index contributed by atoms with van der Waals surface area (Å²) in [5.41, 5.74) is 8.94. The van der Waals surface area contributed by atoms with Crippen LogP contribution < -0.4 is 0 Å². The molecule has 61 heavy (non-hydrogen) atoms. The minimum absolute atomic E-state index is 0.136. The van der Waals surface area contributed by atoms with Gasteiger partial charge < -0.3 is 4.57 Å². The predicted molar refractivity (Wildman–Crippen MR) is 239 cm³/mol. The van der Waals surface area contributed by atoms with Gasteiger partial charge in [0.15, 0.2) is 11.6 Å². The van der Waals surface area contributed by atoms with Gasteiger partial charge in [-0.3, -0.25) is 0 Å². The van der Waals surface area contributed by atoms with Gasteiger partial charge in [-0.15, -0.1) is 0 Å². The molecule has 3 aromatic heterocycles. The molecule has 0 aliphatic carbocycles. The molecule has 0 aliphatic rings. The van der Waals surface area contributed by atoms with Crippen molar-refractivity contribution in [3.05, 3.63) is 199 Å². The molecule has 0 saturated carbocycles. The Morgan fingerprint density at radius 3 is 1.25 bits per heavy atom. The van der Waals surface area contributed by atoms with Gasteiger partial charge in [-0.2, -0.15) is 13.2 Å². The van der Waals surface area contributed by atoms with Gasteiger partial charge in [0, 0.05) is 44.2 Å². The third-order valence-electron chi connectivity index (χ3n) is 10.9. The van der Waals surface area contributed by atoms with Crippen molar-refractivity contribution in [3.63, 3.8) is 0 Å². The first kappa shape index (κ1) is 37.6. The highest BCUT2D eigenvalue weighted by Crippen LogP contribution is 2.45. The van der Waals surface area contributed by atoms with Crippen molar-refractivity contribution < 1.29 is 13.2 Å². The van der Waals surface area contributed by atoms with E-state index in [0.29, 0.717) is 34.3 Å². The lowest BCUT2D eigenvalue weighted by Crippen LogP contribution is -2.11. The van der Waals surface area contributed by atoms with Gasteiger partial charge in [0.1, 0.15) is 0 Å². The van der Waals surface area contributed by atoms with Crippen LogP contribution in [0.4, 0.5) is 13.2 Å². The first-order valence-electron chi connectivity index (χ1n) is 20.0. The third-order valence-corrected chi connectivity index (χ3v) is 10.9. The van der Waals surface area contributed by atoms with Crippen LogP contribution in [0.25, 0.3) is 95.3 Å². The van der Waals surface area contributed by atoms with Crippen molar-refractivity contribution in [1.29, 1.82) is 0 Å². The van der Waals surface area contributed by atoms with Crippen molar-refractivity contribution >= 4 is 21.8 Å². The molecule has 10 rings (SSSR count). The number of aromatic nitrogens is 5. The highest BCUT2D eigenvalue weighted by Gasteiger charge is 2.35. The Kier molecular flexibility index (Phi) is 9.33. The lowest BCUT2D eigenvalue weighted by molar-refractivity contribution is -0.137. The van der Waals surface area contributed by atoms with Crippen molar-refractivity contribution in [1.82, 2.24) is 24.5 Å². The van der Waals surface area contributed by atoms with E-state index in [1.807, 2.05) is 166 Å². The smallest absolute Gasteiger partial charge is 0.308 e. The molecule has 0 bridgehead atoms. The third kappa shape index (κ3) is 7.12. The summed E-state index contributed by atoms with van der Waals surface area (Å²) in [6, 6.07) is 56.8. The summed E-state index contributed by atoms with van der Waals surface area (Å²) in [6.45, 7) is 4.08. The maximum absolute atomic E-state index is 15.5. The summed E-state index contributed by atoms with van der Waals surface area (Å²) in [5, 5.41) is 1.94. The SMILES string of the molecule is Cc1ccc2c(c1)c1cc(C)ccc1n2-c1c(-c2cc(-c3ccccc3)nc(-c3ccccc3)n2)cc(C(F)(F)F)cc1-c1nc(-c2ccccc2)cc(-c2ccccc2)n1. The normalized spacial score (nSPS) is 11.7. The monoisotopic (exact) mass is 799 g/mol. The Bertz CT molecular complexity index is 2910. The zero-order valence-electron chi connectivity index (χ0n) is 33.2. The molecule has 8 heteroatoms. The van der Waals surface area contributed by atoms with Crippen molar-refractivity contribution in [2.45, 2.75) is 20.0 Å². The van der Waals surface area contributed by atoms with Crippen molar-refractivity contribution in [3.8, 4) is 73.5 Å². The standard InChI is InChI=1S/C53H36F3N5/c1-33-23-25-48-40(27-33)41-28-34(2)24-26-49(41)61(48)50-42(47-32-46(37-19-11-5-12-20-37)57-51(60-47)38-21-13-6-14-22-38)29-39(53(54,55)56)30-43(50)52-58-44(35-15-7-3-8-16-35)31-45(59-52)36-17-9-4-10-18-36/h3-32H,1-2H3. The molecule has 0 fully saturated rings. The van der Waals surface area contributed by atoms with E-state index >= 15 is 13.2 Å². The van der Waals surface area contributed by atoms with Crippen molar-refractivity contribution in [2.24, 2.45) is 0 Å². The van der Waals surface area contributed by atoms with Crippen LogP contribution in [-0.2, 0) is 6.18 Å². The molecule has 0 atom stereocenters. The molecule has 294 valence electrons. The number of nitrogens with zero attached hydrogens (tertiary/aromatic N) is 5. The topological polar surface area (TPSA) is 56.5 Å². The lowest BCUT2D eigenvalue weighted by Gasteiger charge is -2.22. The Morgan fingerprint density at radius 1 is 0.393 bits per heavy atom. The second-order valence-corrected chi connectivity index (χ2v) is 15.2. The van der Waals surface area contributed by atoms with Crippen LogP contribution in [0.1, 0.15) is 16.7 Å². The predicted octanol–water partition coefficient (Wildman–Crippen LogP) is 14.0. The van der Waals surface area contributed by atoms with Crippen LogP contribution in [0, 0.1) is 13.8 Å². The Labute approximate surface area is 350 Å². The molecule has 7 aromatic carbocycles. The van der Waals surface area contributed by atoms with Gasteiger partial charge in [-0.25, -0.2) is 19.9 Å². The molecule has 0 spiro atoms. The van der Waals surface area contributed by atoms with Crippen LogP contribution in [0.15, 0.2) is 182 Å². The second-order valence-electron chi connectivity index (χ2n) is 15.2. The van der Waals surface area contributed by atoms with E-state index in [1.165, 1.54) is 12.1 Å². The molecular weight excluding hydrogens is 764 g/mol. The fourth-order valence-electron chi connectivity index (χ4n) is 8.04. The zero-order valence-corrected chi connectivity index (χ0v) is 33.2. The van der Waals surface area contributed by atoms with Gasteiger partial charge in [0.2, 0.25) is 0 Å². The number of hydrogen-bond donors (Lipinski definition) is 0. The van der Waals surface area contributed by atoms with Crippen molar-refractivity contribution in [2.75, 3.05) is 0 Å². The minimum Gasteiger partial charge on any atom is -0.308 e. The van der Waals surface area contributed by atoms with E-state index in [4.69, 9.17) is 19.9 Å². The quantitative estimate of drug-likeness (QED) is 0.161. The molecule has 10 aromatic rings. The number of benzene rings is 7. The summed E-state index contributed by atoms with van der Waals surface area (Å²) in [5.74, 6) is 0.515. The Balaban J connectivity index is 1.39. The highest BCUT2D eigenvalue weighted by molar-refractivity contribution is 6.11. The fourth-order valence-corrected chi connectivity index (χ4v) is 8.04.